The van der Waals surface area contributed by atoms with Crippen molar-refractivity contribution in [1.82, 2.24) is 9.13 Å². The van der Waals surface area contributed by atoms with Gasteiger partial charge in [-0.05, 0) is 24.3 Å². The summed E-state index contributed by atoms with van der Waals surface area (Å²) in [5.74, 6) is 0.165. The highest BCUT2D eigenvalue weighted by molar-refractivity contribution is 5.86. The molecule has 0 aliphatic carbocycles. The van der Waals surface area contributed by atoms with Crippen LogP contribution in [0.15, 0.2) is 48.0 Å². The minimum absolute atomic E-state index is 0.165. The van der Waals surface area contributed by atoms with Crippen molar-refractivity contribution >= 4 is 5.84 Å². The van der Waals surface area contributed by atoms with Crippen LogP contribution in [0.3, 0.4) is 0 Å². The second-order valence-corrected chi connectivity index (χ2v) is 3.60. The molecule has 84 valence electrons. The molecule has 0 saturated carbocycles. The van der Waals surface area contributed by atoms with Crippen molar-refractivity contribution in [2.24, 2.45) is 17.9 Å². The molecule has 0 fully saturated rings. The fraction of sp³-hybridized carbons (Fsp3) is 0.182. The van der Waals surface area contributed by atoms with Crippen molar-refractivity contribution in [3.05, 3.63) is 48.5 Å². The lowest BCUT2D eigenvalue weighted by Crippen LogP contribution is -2.28. The van der Waals surface area contributed by atoms with Gasteiger partial charge in [0, 0.05) is 31.3 Å². The number of hydrogen-bond acceptors (Lipinski definition) is 2. The Kier molecular flexibility index (Phi) is 2.68. The van der Waals surface area contributed by atoms with Crippen LogP contribution < -0.4 is 5.73 Å². The van der Waals surface area contributed by atoms with E-state index in [4.69, 9.17) is 10.9 Å². The quantitative estimate of drug-likeness (QED) is 0.351. The molecule has 2 rings (SSSR count). The van der Waals surface area contributed by atoms with Crippen LogP contribution in [0.2, 0.25) is 0 Å². The maximum Gasteiger partial charge on any atom is 0.168 e. The van der Waals surface area contributed by atoms with Gasteiger partial charge in [0.15, 0.2) is 5.84 Å². The van der Waals surface area contributed by atoms with Gasteiger partial charge in [-0.25, -0.2) is 0 Å². The maximum absolute atomic E-state index is 8.83. The van der Waals surface area contributed by atoms with E-state index in [0.29, 0.717) is 0 Å². The number of nitrogens with zero attached hydrogens (tertiary/aromatic N) is 3. The van der Waals surface area contributed by atoms with Crippen LogP contribution in [0.5, 0.6) is 0 Å². The van der Waals surface area contributed by atoms with Gasteiger partial charge in [0.05, 0.1) is 0 Å². The molecular weight excluding hydrogens is 204 g/mol. The van der Waals surface area contributed by atoms with Crippen molar-refractivity contribution in [1.29, 1.82) is 0 Å². The first-order valence-corrected chi connectivity index (χ1v) is 4.95. The van der Waals surface area contributed by atoms with Gasteiger partial charge < -0.3 is 20.1 Å². The zero-order valence-electron chi connectivity index (χ0n) is 8.99. The highest BCUT2D eigenvalue weighted by Crippen LogP contribution is 2.18. The molecule has 2 aromatic heterocycles. The molecule has 0 spiro atoms. The van der Waals surface area contributed by atoms with Gasteiger partial charge in [0.2, 0.25) is 0 Å². The van der Waals surface area contributed by atoms with Gasteiger partial charge in [-0.15, -0.1) is 0 Å². The Morgan fingerprint density at radius 2 is 2.00 bits per heavy atom. The largest absolute Gasteiger partial charge is 0.409 e. The molecule has 0 aromatic carbocycles. The van der Waals surface area contributed by atoms with E-state index in [0.717, 1.165) is 5.69 Å². The fourth-order valence-electron chi connectivity index (χ4n) is 1.79. The summed E-state index contributed by atoms with van der Waals surface area (Å²) in [6.45, 7) is 0. The molecule has 5 heteroatoms. The van der Waals surface area contributed by atoms with Crippen LogP contribution in [-0.4, -0.2) is 20.2 Å². The highest BCUT2D eigenvalue weighted by atomic mass is 16.4. The Bertz CT molecular complexity index is 484. The third kappa shape index (κ3) is 1.67. The molecule has 16 heavy (non-hydrogen) atoms. The smallest absolute Gasteiger partial charge is 0.168 e. The Balaban J connectivity index is 2.48. The summed E-state index contributed by atoms with van der Waals surface area (Å²) in [7, 11) is 1.93. The maximum atomic E-state index is 8.83. The summed E-state index contributed by atoms with van der Waals surface area (Å²) in [5.41, 5.74) is 6.70. The predicted molar refractivity (Wildman–Crippen MR) is 61.4 cm³/mol. The predicted octanol–water partition coefficient (Wildman–Crippen LogP) is 1.16. The van der Waals surface area contributed by atoms with Crippen molar-refractivity contribution in [3.63, 3.8) is 0 Å². The monoisotopic (exact) mass is 218 g/mol. The Morgan fingerprint density at radius 1 is 1.31 bits per heavy atom. The molecular formula is C11H14N4O. The van der Waals surface area contributed by atoms with E-state index in [2.05, 4.69) is 5.16 Å². The van der Waals surface area contributed by atoms with E-state index in [1.165, 1.54) is 0 Å². The molecule has 2 heterocycles. The van der Waals surface area contributed by atoms with Gasteiger partial charge in [-0.3, -0.25) is 0 Å². The standard InChI is InChI=1S/C11H14N4O/c1-14-6-4-5-9(14)10(11(12)13-16)15-7-2-3-8-15/h2-8,10,16H,1H3,(H2,12,13)/t10-/m0/s1. The zero-order valence-corrected chi connectivity index (χ0v) is 8.99. The van der Waals surface area contributed by atoms with E-state index in [1.54, 1.807) is 0 Å². The molecule has 0 aliphatic heterocycles. The van der Waals surface area contributed by atoms with Gasteiger partial charge in [-0.2, -0.15) is 0 Å². The molecule has 0 bridgehead atoms. The lowest BCUT2D eigenvalue weighted by Gasteiger charge is -2.18. The van der Waals surface area contributed by atoms with Crippen molar-refractivity contribution in [2.75, 3.05) is 0 Å². The van der Waals surface area contributed by atoms with Crippen LogP contribution in [0.4, 0.5) is 0 Å². The summed E-state index contributed by atoms with van der Waals surface area (Å²) < 4.78 is 3.84. The van der Waals surface area contributed by atoms with Crippen molar-refractivity contribution in [3.8, 4) is 0 Å². The van der Waals surface area contributed by atoms with Crippen molar-refractivity contribution < 1.29 is 5.21 Å². The number of oxime groups is 1. The van der Waals surface area contributed by atoms with Gasteiger partial charge in [0.1, 0.15) is 6.04 Å². The molecule has 2 aromatic rings. The average molecular weight is 218 g/mol. The first-order chi connectivity index (χ1) is 7.74. The first kappa shape index (κ1) is 10.4. The third-order valence-corrected chi connectivity index (χ3v) is 2.59. The molecule has 5 nitrogen and oxygen atoms in total. The minimum Gasteiger partial charge on any atom is -0.409 e. The normalized spacial score (nSPS) is 13.9. The molecule has 0 radical (unpaired) electrons. The summed E-state index contributed by atoms with van der Waals surface area (Å²) in [6.07, 6.45) is 5.70. The number of aryl methyl sites for hydroxylation is 1. The van der Waals surface area contributed by atoms with E-state index in [1.807, 2.05) is 59.0 Å². The van der Waals surface area contributed by atoms with E-state index in [9.17, 15) is 0 Å². The highest BCUT2D eigenvalue weighted by Gasteiger charge is 2.19. The molecule has 0 aliphatic rings. The fourth-order valence-corrected chi connectivity index (χ4v) is 1.79. The topological polar surface area (TPSA) is 68.5 Å². The molecule has 0 saturated heterocycles. The number of amidine groups is 1. The number of nitrogens with two attached hydrogens (primary N) is 1. The van der Waals surface area contributed by atoms with Crippen LogP contribution in [0, 0.1) is 0 Å². The number of aromatic nitrogens is 2. The molecule has 1 atom stereocenters. The van der Waals surface area contributed by atoms with Crippen molar-refractivity contribution in [2.45, 2.75) is 6.04 Å². The van der Waals surface area contributed by atoms with Gasteiger partial charge in [-0.1, -0.05) is 5.16 Å². The number of hydrogen-bond donors (Lipinski definition) is 2. The van der Waals surface area contributed by atoms with E-state index >= 15 is 0 Å². The molecule has 0 unspecified atom stereocenters. The number of rotatable bonds is 3. The van der Waals surface area contributed by atoms with Crippen LogP contribution in [-0.2, 0) is 7.05 Å². The SMILES string of the molecule is Cn1cccc1[C@@H](C(N)=NO)n1cccc1. The van der Waals surface area contributed by atoms with Gasteiger partial charge >= 0.3 is 0 Å². The third-order valence-electron chi connectivity index (χ3n) is 2.59. The minimum atomic E-state index is -0.278. The Morgan fingerprint density at radius 3 is 2.50 bits per heavy atom. The lowest BCUT2D eigenvalue weighted by atomic mass is 10.2. The average Bonchev–Trinajstić information content (AvgIpc) is 2.92. The van der Waals surface area contributed by atoms with Crippen LogP contribution in [0.25, 0.3) is 0 Å². The van der Waals surface area contributed by atoms with Crippen LogP contribution >= 0.6 is 0 Å². The zero-order chi connectivity index (χ0) is 11.5. The van der Waals surface area contributed by atoms with Crippen LogP contribution in [0.1, 0.15) is 11.7 Å². The Labute approximate surface area is 93.4 Å². The van der Waals surface area contributed by atoms with Gasteiger partial charge in [0.25, 0.3) is 0 Å². The van der Waals surface area contributed by atoms with E-state index < -0.39 is 0 Å². The second-order valence-electron chi connectivity index (χ2n) is 3.60. The van der Waals surface area contributed by atoms with E-state index in [-0.39, 0.29) is 11.9 Å². The summed E-state index contributed by atoms with van der Waals surface area (Å²) in [6, 6.07) is 7.40. The molecule has 0 amide bonds. The Hall–Kier alpha value is -2.17. The second kappa shape index (κ2) is 4.14. The first-order valence-electron chi connectivity index (χ1n) is 4.95. The molecule has 3 N–H and O–H groups in total. The summed E-state index contributed by atoms with van der Waals surface area (Å²) in [5, 5.41) is 11.9. The lowest BCUT2D eigenvalue weighted by molar-refractivity contribution is 0.314. The summed E-state index contributed by atoms with van der Waals surface area (Å²) in [4.78, 5) is 0. The summed E-state index contributed by atoms with van der Waals surface area (Å²) >= 11 is 0.